The van der Waals surface area contributed by atoms with Crippen LogP contribution in [-0.4, -0.2) is 16.6 Å². The van der Waals surface area contributed by atoms with Crippen LogP contribution in [0.2, 0.25) is 36.3 Å². The molecule has 1 rings (SSSR count). The standard InChI is InChI=1S/C20H38O2Si2/c1-7-23(8-2,9-3)21-17-19-14-13-15-20(16-19)18-22-24(10-4,11-5)12-6/h13-16H,7-12,17-18H2,1-6H3. The van der Waals surface area contributed by atoms with Crippen LogP contribution in [0.4, 0.5) is 0 Å². The predicted octanol–water partition coefficient (Wildman–Crippen LogP) is 6.73. The zero-order valence-electron chi connectivity index (χ0n) is 16.8. The summed E-state index contributed by atoms with van der Waals surface area (Å²) in [5.74, 6) is 0. The second-order valence-corrected chi connectivity index (χ2v) is 16.4. The molecule has 0 unspecified atom stereocenters. The maximum atomic E-state index is 6.43. The first-order chi connectivity index (χ1) is 11.5. The highest BCUT2D eigenvalue weighted by atomic mass is 28.4. The summed E-state index contributed by atoms with van der Waals surface area (Å²) in [6, 6.07) is 16.1. The Bertz CT molecular complexity index is 413. The topological polar surface area (TPSA) is 18.5 Å². The van der Waals surface area contributed by atoms with E-state index in [9.17, 15) is 0 Å². The van der Waals surface area contributed by atoms with Gasteiger partial charge in [0, 0.05) is 0 Å². The fourth-order valence-electron chi connectivity index (χ4n) is 3.39. The van der Waals surface area contributed by atoms with E-state index in [0.717, 1.165) is 13.2 Å². The molecule has 0 saturated heterocycles. The molecular weight excluding hydrogens is 328 g/mol. The van der Waals surface area contributed by atoms with Crippen molar-refractivity contribution in [1.29, 1.82) is 0 Å². The molecule has 4 heteroatoms. The number of hydrogen-bond acceptors (Lipinski definition) is 2. The zero-order valence-corrected chi connectivity index (χ0v) is 18.8. The monoisotopic (exact) mass is 366 g/mol. The van der Waals surface area contributed by atoms with E-state index < -0.39 is 16.6 Å². The van der Waals surface area contributed by atoms with Gasteiger partial charge in [0.05, 0.1) is 13.2 Å². The van der Waals surface area contributed by atoms with E-state index in [1.165, 1.54) is 47.4 Å². The Balaban J connectivity index is 2.70. The van der Waals surface area contributed by atoms with Crippen LogP contribution in [0, 0.1) is 0 Å². The predicted molar refractivity (Wildman–Crippen MR) is 110 cm³/mol. The average Bonchev–Trinajstić information content (AvgIpc) is 2.65. The molecule has 0 saturated carbocycles. The van der Waals surface area contributed by atoms with E-state index >= 15 is 0 Å². The lowest BCUT2D eigenvalue weighted by atomic mass is 10.1. The molecule has 0 spiro atoms. The van der Waals surface area contributed by atoms with Gasteiger partial charge in [-0.05, 0) is 47.4 Å². The minimum absolute atomic E-state index is 0.757. The van der Waals surface area contributed by atoms with Gasteiger partial charge in [-0.15, -0.1) is 0 Å². The Morgan fingerprint density at radius 1 is 0.625 bits per heavy atom. The first-order valence-electron chi connectivity index (χ1n) is 9.88. The van der Waals surface area contributed by atoms with Crippen molar-refractivity contribution in [1.82, 2.24) is 0 Å². The Labute approximate surface area is 152 Å². The van der Waals surface area contributed by atoms with Crippen molar-refractivity contribution in [3.8, 4) is 0 Å². The summed E-state index contributed by atoms with van der Waals surface area (Å²) in [6.07, 6.45) is 0. The third-order valence-electron chi connectivity index (χ3n) is 5.95. The summed E-state index contributed by atoms with van der Waals surface area (Å²) in [5, 5.41) is 0. The van der Waals surface area contributed by atoms with Crippen molar-refractivity contribution in [3.63, 3.8) is 0 Å². The van der Waals surface area contributed by atoms with E-state index in [2.05, 4.69) is 65.8 Å². The lowest BCUT2D eigenvalue weighted by Gasteiger charge is -2.29. The van der Waals surface area contributed by atoms with Gasteiger partial charge in [0.2, 0.25) is 0 Å². The van der Waals surface area contributed by atoms with Gasteiger partial charge in [-0.2, -0.15) is 0 Å². The van der Waals surface area contributed by atoms with Crippen LogP contribution in [0.25, 0.3) is 0 Å². The molecule has 24 heavy (non-hydrogen) atoms. The summed E-state index contributed by atoms with van der Waals surface area (Å²) < 4.78 is 12.9. The summed E-state index contributed by atoms with van der Waals surface area (Å²) >= 11 is 0. The quantitative estimate of drug-likeness (QED) is 0.382. The van der Waals surface area contributed by atoms with Crippen LogP contribution in [0.1, 0.15) is 52.7 Å². The molecule has 0 bridgehead atoms. The lowest BCUT2D eigenvalue weighted by Crippen LogP contribution is -2.35. The van der Waals surface area contributed by atoms with Crippen molar-refractivity contribution in [2.45, 2.75) is 91.0 Å². The number of rotatable bonds is 12. The Hall–Kier alpha value is -0.426. The summed E-state index contributed by atoms with van der Waals surface area (Å²) in [6.45, 7) is 15.2. The average molecular weight is 367 g/mol. The molecular formula is C20H38O2Si2. The van der Waals surface area contributed by atoms with Crippen molar-refractivity contribution >= 4 is 16.6 Å². The molecule has 0 aromatic heterocycles. The van der Waals surface area contributed by atoms with E-state index in [4.69, 9.17) is 8.85 Å². The molecule has 0 heterocycles. The first-order valence-corrected chi connectivity index (χ1v) is 14.9. The smallest absolute Gasteiger partial charge is 0.192 e. The van der Waals surface area contributed by atoms with Gasteiger partial charge in [-0.3, -0.25) is 0 Å². The third-order valence-corrected chi connectivity index (χ3v) is 15.2. The van der Waals surface area contributed by atoms with Crippen molar-refractivity contribution < 1.29 is 8.85 Å². The van der Waals surface area contributed by atoms with E-state index in [1.807, 2.05) is 0 Å². The zero-order chi connectivity index (χ0) is 18.1. The molecule has 0 N–H and O–H groups in total. The third kappa shape index (κ3) is 5.83. The van der Waals surface area contributed by atoms with Gasteiger partial charge in [-0.1, -0.05) is 65.8 Å². The second-order valence-electron chi connectivity index (χ2n) is 6.88. The molecule has 0 aliphatic rings. The Morgan fingerprint density at radius 2 is 0.958 bits per heavy atom. The SMILES string of the molecule is CC[Si](CC)(CC)OCc1cccc(CO[Si](CC)(CC)CC)c1. The van der Waals surface area contributed by atoms with Gasteiger partial charge >= 0.3 is 0 Å². The molecule has 0 radical (unpaired) electrons. The van der Waals surface area contributed by atoms with Crippen molar-refractivity contribution in [2.24, 2.45) is 0 Å². The van der Waals surface area contributed by atoms with Crippen LogP contribution >= 0.6 is 0 Å². The molecule has 138 valence electrons. The maximum absolute atomic E-state index is 6.43. The summed E-state index contributed by atoms with van der Waals surface area (Å²) in [4.78, 5) is 0. The van der Waals surface area contributed by atoms with Crippen LogP contribution in [0.3, 0.4) is 0 Å². The van der Waals surface area contributed by atoms with Crippen molar-refractivity contribution in [3.05, 3.63) is 35.4 Å². The minimum Gasteiger partial charge on any atom is -0.413 e. The van der Waals surface area contributed by atoms with Gasteiger partial charge < -0.3 is 8.85 Å². The number of hydrogen-bond donors (Lipinski definition) is 0. The first kappa shape index (κ1) is 21.6. The highest BCUT2D eigenvalue weighted by molar-refractivity contribution is 6.73. The highest BCUT2D eigenvalue weighted by Gasteiger charge is 2.29. The summed E-state index contributed by atoms with van der Waals surface area (Å²) in [5.41, 5.74) is 2.58. The normalized spacial score (nSPS) is 12.6. The molecule has 2 nitrogen and oxygen atoms in total. The van der Waals surface area contributed by atoms with Gasteiger partial charge in [0.15, 0.2) is 16.6 Å². The van der Waals surface area contributed by atoms with Crippen LogP contribution in [0.5, 0.6) is 0 Å². The van der Waals surface area contributed by atoms with Crippen molar-refractivity contribution in [2.75, 3.05) is 0 Å². The van der Waals surface area contributed by atoms with E-state index in [1.54, 1.807) is 0 Å². The van der Waals surface area contributed by atoms with Gasteiger partial charge in [-0.25, -0.2) is 0 Å². The summed E-state index contributed by atoms with van der Waals surface area (Å²) in [7, 11) is -3.02. The molecule has 0 fully saturated rings. The van der Waals surface area contributed by atoms with Crippen LogP contribution in [0.15, 0.2) is 24.3 Å². The molecule has 0 aliphatic heterocycles. The Kier molecular flexibility index (Phi) is 9.49. The largest absolute Gasteiger partial charge is 0.413 e. The Morgan fingerprint density at radius 3 is 1.25 bits per heavy atom. The van der Waals surface area contributed by atoms with E-state index in [-0.39, 0.29) is 0 Å². The molecule has 1 aromatic rings. The van der Waals surface area contributed by atoms with E-state index in [0.29, 0.717) is 0 Å². The molecule has 0 aliphatic carbocycles. The lowest BCUT2D eigenvalue weighted by molar-refractivity contribution is 0.281. The fourth-order valence-corrected chi connectivity index (χ4v) is 8.56. The van der Waals surface area contributed by atoms with Crippen LogP contribution < -0.4 is 0 Å². The molecule has 0 atom stereocenters. The van der Waals surface area contributed by atoms with Gasteiger partial charge in [0.1, 0.15) is 0 Å². The fraction of sp³-hybridized carbons (Fsp3) is 0.700. The maximum Gasteiger partial charge on any atom is 0.192 e. The molecule has 0 amide bonds. The van der Waals surface area contributed by atoms with Crippen LogP contribution in [-0.2, 0) is 22.1 Å². The molecule has 1 aromatic carbocycles. The number of benzene rings is 1. The van der Waals surface area contributed by atoms with Gasteiger partial charge in [0.25, 0.3) is 0 Å². The highest BCUT2D eigenvalue weighted by Crippen LogP contribution is 2.25. The minimum atomic E-state index is -1.51. The second kappa shape index (κ2) is 10.5.